The molecule has 7 nitrogen and oxygen atoms in total. The summed E-state index contributed by atoms with van der Waals surface area (Å²) in [6.07, 6.45) is 3.07. The third-order valence-corrected chi connectivity index (χ3v) is 3.98. The molecule has 0 spiro atoms. The van der Waals surface area contributed by atoms with Crippen molar-refractivity contribution in [1.82, 2.24) is 4.98 Å². The van der Waals surface area contributed by atoms with Crippen molar-refractivity contribution in [3.63, 3.8) is 0 Å². The van der Waals surface area contributed by atoms with Gasteiger partial charge in [-0.15, -0.1) is 0 Å². The molecule has 142 valence electrons. The van der Waals surface area contributed by atoms with Crippen molar-refractivity contribution >= 4 is 23.2 Å². The molecule has 0 radical (unpaired) electrons. The Labute approximate surface area is 162 Å². The van der Waals surface area contributed by atoms with Gasteiger partial charge in [-0.3, -0.25) is 14.6 Å². The smallest absolute Gasteiger partial charge is 0.257 e. The van der Waals surface area contributed by atoms with E-state index in [0.717, 1.165) is 0 Å². The maximum Gasteiger partial charge on any atom is 0.257 e. The van der Waals surface area contributed by atoms with Gasteiger partial charge >= 0.3 is 0 Å². The number of ether oxygens (including phenoxy) is 2. The Hall–Kier alpha value is -3.87. The summed E-state index contributed by atoms with van der Waals surface area (Å²) in [7, 11) is 3.06. The zero-order valence-corrected chi connectivity index (χ0v) is 15.4. The lowest BCUT2D eigenvalue weighted by Gasteiger charge is -2.13. The molecule has 2 aromatic carbocycles. The third kappa shape index (κ3) is 4.45. The standard InChI is InChI=1S/C21H19N3O4/c1-27-17-8-5-14(6-9-17)20(25)23-16-7-10-18(19(12-16)28-2)24-21(26)15-4-3-11-22-13-15/h3-13H,1-2H3,(H,23,25)(H,24,26). The first-order chi connectivity index (χ1) is 13.6. The average molecular weight is 377 g/mol. The molecule has 3 aromatic rings. The van der Waals surface area contributed by atoms with E-state index < -0.39 is 0 Å². The van der Waals surface area contributed by atoms with E-state index in [4.69, 9.17) is 9.47 Å². The minimum absolute atomic E-state index is 0.267. The summed E-state index contributed by atoms with van der Waals surface area (Å²) in [6, 6.07) is 15.1. The fourth-order valence-corrected chi connectivity index (χ4v) is 2.51. The van der Waals surface area contributed by atoms with Crippen molar-refractivity contribution in [3.8, 4) is 11.5 Å². The highest BCUT2D eigenvalue weighted by atomic mass is 16.5. The summed E-state index contributed by atoms with van der Waals surface area (Å²) >= 11 is 0. The summed E-state index contributed by atoms with van der Waals surface area (Å²) in [6.45, 7) is 0. The van der Waals surface area contributed by atoms with E-state index in [9.17, 15) is 9.59 Å². The van der Waals surface area contributed by atoms with Crippen LogP contribution in [0.4, 0.5) is 11.4 Å². The van der Waals surface area contributed by atoms with Gasteiger partial charge in [-0.25, -0.2) is 0 Å². The molecule has 0 aliphatic carbocycles. The summed E-state index contributed by atoms with van der Waals surface area (Å²) in [4.78, 5) is 28.6. The largest absolute Gasteiger partial charge is 0.497 e. The van der Waals surface area contributed by atoms with Crippen LogP contribution in [-0.2, 0) is 0 Å². The highest BCUT2D eigenvalue weighted by molar-refractivity contribution is 6.06. The molecular formula is C21H19N3O4. The first kappa shape index (κ1) is 18.9. The van der Waals surface area contributed by atoms with Crippen molar-refractivity contribution in [2.24, 2.45) is 0 Å². The number of amides is 2. The maximum atomic E-state index is 12.4. The first-order valence-electron chi connectivity index (χ1n) is 8.45. The molecule has 0 aliphatic rings. The van der Waals surface area contributed by atoms with Gasteiger partial charge < -0.3 is 20.1 Å². The highest BCUT2D eigenvalue weighted by Gasteiger charge is 2.12. The number of hydrogen-bond acceptors (Lipinski definition) is 5. The maximum absolute atomic E-state index is 12.4. The van der Waals surface area contributed by atoms with Gasteiger partial charge in [0.25, 0.3) is 11.8 Å². The van der Waals surface area contributed by atoms with E-state index in [-0.39, 0.29) is 11.8 Å². The molecule has 0 bridgehead atoms. The van der Waals surface area contributed by atoms with Crippen LogP contribution < -0.4 is 20.1 Å². The Morgan fingerprint density at radius 1 is 0.857 bits per heavy atom. The molecule has 0 saturated carbocycles. The number of benzene rings is 2. The number of anilines is 2. The van der Waals surface area contributed by atoms with E-state index in [1.54, 1.807) is 67.9 Å². The molecule has 0 fully saturated rings. The van der Waals surface area contributed by atoms with Crippen LogP contribution in [0.3, 0.4) is 0 Å². The van der Waals surface area contributed by atoms with Gasteiger partial charge in [-0.1, -0.05) is 0 Å². The molecule has 0 atom stereocenters. The van der Waals surface area contributed by atoms with Crippen LogP contribution in [0.1, 0.15) is 20.7 Å². The SMILES string of the molecule is COc1ccc(C(=O)Nc2ccc(NC(=O)c3cccnc3)c(OC)c2)cc1. The molecule has 2 amide bonds. The van der Waals surface area contributed by atoms with E-state index in [2.05, 4.69) is 15.6 Å². The highest BCUT2D eigenvalue weighted by Crippen LogP contribution is 2.28. The van der Waals surface area contributed by atoms with Gasteiger partial charge in [0.15, 0.2) is 0 Å². The predicted octanol–water partition coefficient (Wildman–Crippen LogP) is 3.60. The summed E-state index contributed by atoms with van der Waals surface area (Å²) in [5.74, 6) is 0.523. The lowest BCUT2D eigenvalue weighted by Crippen LogP contribution is -2.14. The molecule has 1 aromatic heterocycles. The fraction of sp³-hybridized carbons (Fsp3) is 0.0952. The Morgan fingerprint density at radius 3 is 2.25 bits per heavy atom. The van der Waals surface area contributed by atoms with Gasteiger partial charge in [0.1, 0.15) is 11.5 Å². The summed E-state index contributed by atoms with van der Waals surface area (Å²) < 4.78 is 10.4. The summed E-state index contributed by atoms with van der Waals surface area (Å²) in [5, 5.41) is 5.57. The third-order valence-electron chi connectivity index (χ3n) is 3.98. The van der Waals surface area contributed by atoms with Crippen LogP contribution in [0.5, 0.6) is 11.5 Å². The molecule has 28 heavy (non-hydrogen) atoms. The van der Waals surface area contributed by atoms with Crippen molar-refractivity contribution in [2.75, 3.05) is 24.9 Å². The van der Waals surface area contributed by atoms with Gasteiger partial charge in [0.05, 0.1) is 25.5 Å². The quantitative estimate of drug-likeness (QED) is 0.685. The zero-order chi connectivity index (χ0) is 19.9. The first-order valence-corrected chi connectivity index (χ1v) is 8.45. The molecule has 0 unspecified atom stereocenters. The van der Waals surface area contributed by atoms with Crippen LogP contribution in [0.15, 0.2) is 67.0 Å². The Morgan fingerprint density at radius 2 is 1.61 bits per heavy atom. The van der Waals surface area contributed by atoms with Crippen molar-refractivity contribution in [1.29, 1.82) is 0 Å². The van der Waals surface area contributed by atoms with Crippen molar-refractivity contribution in [3.05, 3.63) is 78.1 Å². The van der Waals surface area contributed by atoms with E-state index in [1.165, 1.54) is 13.3 Å². The average Bonchev–Trinajstić information content (AvgIpc) is 2.75. The number of nitrogens with zero attached hydrogens (tertiary/aromatic N) is 1. The van der Waals surface area contributed by atoms with Crippen molar-refractivity contribution < 1.29 is 19.1 Å². The van der Waals surface area contributed by atoms with Gasteiger partial charge in [-0.05, 0) is 48.5 Å². The normalized spacial score (nSPS) is 10.1. The predicted molar refractivity (Wildman–Crippen MR) is 106 cm³/mol. The minimum Gasteiger partial charge on any atom is -0.497 e. The van der Waals surface area contributed by atoms with Crippen LogP contribution in [0.2, 0.25) is 0 Å². The molecule has 1 heterocycles. The molecule has 0 saturated heterocycles. The number of rotatable bonds is 6. The number of nitrogens with one attached hydrogen (secondary N) is 2. The van der Waals surface area contributed by atoms with Gasteiger partial charge in [0, 0.05) is 29.7 Å². The second kappa shape index (κ2) is 8.68. The molecular weight excluding hydrogens is 358 g/mol. The summed E-state index contributed by atoms with van der Waals surface area (Å²) in [5.41, 5.74) is 1.95. The Bertz CT molecular complexity index is 973. The lowest BCUT2D eigenvalue weighted by atomic mass is 10.2. The number of carbonyl (C=O) groups is 2. The number of methoxy groups -OCH3 is 2. The van der Waals surface area contributed by atoms with Gasteiger partial charge in [-0.2, -0.15) is 0 Å². The van der Waals surface area contributed by atoms with E-state index in [0.29, 0.717) is 34.0 Å². The molecule has 7 heteroatoms. The molecule has 0 aliphatic heterocycles. The number of pyridine rings is 1. The zero-order valence-electron chi connectivity index (χ0n) is 15.4. The minimum atomic E-state index is -0.304. The topological polar surface area (TPSA) is 89.6 Å². The number of carbonyl (C=O) groups excluding carboxylic acids is 2. The van der Waals surface area contributed by atoms with Crippen molar-refractivity contribution in [2.45, 2.75) is 0 Å². The Balaban J connectivity index is 1.73. The van der Waals surface area contributed by atoms with Crippen LogP contribution in [-0.4, -0.2) is 31.0 Å². The fourth-order valence-electron chi connectivity index (χ4n) is 2.51. The van der Waals surface area contributed by atoms with Crippen LogP contribution in [0.25, 0.3) is 0 Å². The second-order valence-corrected chi connectivity index (χ2v) is 5.79. The molecule has 2 N–H and O–H groups in total. The van der Waals surface area contributed by atoms with Crippen LogP contribution in [0, 0.1) is 0 Å². The van der Waals surface area contributed by atoms with E-state index >= 15 is 0 Å². The second-order valence-electron chi connectivity index (χ2n) is 5.79. The van der Waals surface area contributed by atoms with E-state index in [1.807, 2.05) is 0 Å². The Kier molecular flexibility index (Phi) is 5.86. The van der Waals surface area contributed by atoms with Gasteiger partial charge in [0.2, 0.25) is 0 Å². The number of hydrogen-bond donors (Lipinski definition) is 2. The lowest BCUT2D eigenvalue weighted by molar-refractivity contribution is 0.101. The number of aromatic nitrogens is 1. The monoisotopic (exact) mass is 377 g/mol. The molecule has 3 rings (SSSR count). The van der Waals surface area contributed by atoms with Crippen LogP contribution >= 0.6 is 0 Å².